The van der Waals surface area contributed by atoms with Crippen molar-refractivity contribution >= 4 is 11.9 Å². The van der Waals surface area contributed by atoms with Gasteiger partial charge in [-0.15, -0.1) is 0 Å². The fourth-order valence-corrected chi connectivity index (χ4v) is 2.91. The van der Waals surface area contributed by atoms with Gasteiger partial charge in [0.25, 0.3) is 5.91 Å². The summed E-state index contributed by atoms with van der Waals surface area (Å²) in [5, 5.41) is 6.75. The molecule has 2 rings (SSSR count). The second kappa shape index (κ2) is 12.0. The normalized spacial score (nSPS) is 12.4. The van der Waals surface area contributed by atoms with Gasteiger partial charge in [0.05, 0.1) is 19.2 Å². The molecule has 0 fully saturated rings. The van der Waals surface area contributed by atoms with E-state index < -0.39 is 0 Å². The molecule has 0 heterocycles. The lowest BCUT2D eigenvalue weighted by molar-refractivity contribution is 0.0827. The standard InChI is InChI=1S/C25H36N4O2/c1-7-26-25(27-16-20-8-10-22(11-9-20)24(30)29(5)6)28-19(4)21-12-14-23(15-13-21)31-17-18(2)3/h8-15,18-19H,7,16-17H2,1-6H3,(H2,26,27,28). The molecule has 6 nitrogen and oxygen atoms in total. The average molecular weight is 425 g/mol. The molecule has 0 saturated heterocycles. The Balaban J connectivity index is 1.99. The van der Waals surface area contributed by atoms with Crippen LogP contribution >= 0.6 is 0 Å². The van der Waals surface area contributed by atoms with Crippen molar-refractivity contribution in [2.75, 3.05) is 27.2 Å². The number of carbonyl (C=O) groups is 1. The zero-order chi connectivity index (χ0) is 22.8. The van der Waals surface area contributed by atoms with Crippen molar-refractivity contribution in [3.8, 4) is 5.75 Å². The van der Waals surface area contributed by atoms with Crippen LogP contribution in [0, 0.1) is 5.92 Å². The minimum Gasteiger partial charge on any atom is -0.493 e. The van der Waals surface area contributed by atoms with Gasteiger partial charge in [0.2, 0.25) is 0 Å². The van der Waals surface area contributed by atoms with Gasteiger partial charge in [-0.25, -0.2) is 4.99 Å². The van der Waals surface area contributed by atoms with Crippen LogP contribution in [0.4, 0.5) is 0 Å². The predicted molar refractivity (Wildman–Crippen MR) is 128 cm³/mol. The van der Waals surface area contributed by atoms with Gasteiger partial charge in [0.1, 0.15) is 5.75 Å². The molecule has 2 N–H and O–H groups in total. The second-order valence-corrected chi connectivity index (χ2v) is 8.23. The highest BCUT2D eigenvalue weighted by atomic mass is 16.5. The number of rotatable bonds is 9. The Morgan fingerprint density at radius 1 is 1.03 bits per heavy atom. The summed E-state index contributed by atoms with van der Waals surface area (Å²) in [5.74, 6) is 2.15. The van der Waals surface area contributed by atoms with Crippen molar-refractivity contribution in [2.45, 2.75) is 40.3 Å². The Labute approximate surface area is 186 Å². The highest BCUT2D eigenvalue weighted by Crippen LogP contribution is 2.18. The Hall–Kier alpha value is -3.02. The van der Waals surface area contributed by atoms with E-state index >= 15 is 0 Å². The summed E-state index contributed by atoms with van der Waals surface area (Å²) in [5.41, 5.74) is 2.89. The molecule has 168 valence electrons. The van der Waals surface area contributed by atoms with Gasteiger partial charge >= 0.3 is 0 Å². The van der Waals surface area contributed by atoms with Crippen LogP contribution in [0.15, 0.2) is 53.5 Å². The summed E-state index contributed by atoms with van der Waals surface area (Å²) >= 11 is 0. The molecule has 1 atom stereocenters. The molecule has 2 aromatic carbocycles. The number of nitrogens with zero attached hydrogens (tertiary/aromatic N) is 2. The van der Waals surface area contributed by atoms with Crippen molar-refractivity contribution in [3.63, 3.8) is 0 Å². The van der Waals surface area contributed by atoms with E-state index in [0.29, 0.717) is 24.6 Å². The van der Waals surface area contributed by atoms with Gasteiger partial charge in [0.15, 0.2) is 5.96 Å². The van der Waals surface area contributed by atoms with Crippen LogP contribution in [0.25, 0.3) is 0 Å². The van der Waals surface area contributed by atoms with Crippen molar-refractivity contribution < 1.29 is 9.53 Å². The first-order chi connectivity index (χ1) is 14.8. The molecule has 0 aliphatic heterocycles. The summed E-state index contributed by atoms with van der Waals surface area (Å²) in [6.07, 6.45) is 0. The number of hydrogen-bond donors (Lipinski definition) is 2. The number of nitrogens with one attached hydrogen (secondary N) is 2. The maximum absolute atomic E-state index is 12.0. The Bertz CT molecular complexity index is 843. The molecule has 0 bridgehead atoms. The van der Waals surface area contributed by atoms with Crippen LogP contribution in [0.5, 0.6) is 5.75 Å². The molecule has 1 amide bonds. The van der Waals surface area contributed by atoms with Crippen LogP contribution in [0.1, 0.15) is 55.2 Å². The molecule has 0 saturated carbocycles. The first-order valence-electron chi connectivity index (χ1n) is 10.9. The summed E-state index contributed by atoms with van der Waals surface area (Å²) in [4.78, 5) is 18.3. The Kier molecular flexibility index (Phi) is 9.38. The first-order valence-corrected chi connectivity index (χ1v) is 10.9. The molecule has 2 aromatic rings. The van der Waals surface area contributed by atoms with Crippen LogP contribution < -0.4 is 15.4 Å². The minimum atomic E-state index is -0.000458. The summed E-state index contributed by atoms with van der Waals surface area (Å²) in [7, 11) is 3.50. The molecule has 1 unspecified atom stereocenters. The highest BCUT2D eigenvalue weighted by molar-refractivity contribution is 5.93. The van der Waals surface area contributed by atoms with Gasteiger partial charge < -0.3 is 20.3 Å². The molecule has 0 spiro atoms. The number of hydrogen-bond acceptors (Lipinski definition) is 3. The third-order valence-corrected chi connectivity index (χ3v) is 4.69. The number of amides is 1. The number of benzene rings is 2. The highest BCUT2D eigenvalue weighted by Gasteiger charge is 2.09. The largest absolute Gasteiger partial charge is 0.493 e. The number of ether oxygens (including phenoxy) is 1. The van der Waals surface area contributed by atoms with Gasteiger partial charge in [-0.1, -0.05) is 38.1 Å². The topological polar surface area (TPSA) is 66.0 Å². The molecular formula is C25H36N4O2. The molecule has 0 radical (unpaired) electrons. The third-order valence-electron chi connectivity index (χ3n) is 4.69. The van der Waals surface area contributed by atoms with E-state index in [4.69, 9.17) is 9.73 Å². The zero-order valence-electron chi connectivity index (χ0n) is 19.6. The Morgan fingerprint density at radius 3 is 2.23 bits per heavy atom. The number of guanidine groups is 1. The van der Waals surface area contributed by atoms with E-state index in [9.17, 15) is 4.79 Å². The van der Waals surface area contributed by atoms with Gasteiger partial charge in [-0.2, -0.15) is 0 Å². The van der Waals surface area contributed by atoms with E-state index in [-0.39, 0.29) is 11.9 Å². The van der Waals surface area contributed by atoms with Crippen molar-refractivity contribution in [1.29, 1.82) is 0 Å². The van der Waals surface area contributed by atoms with Crippen LogP contribution in [-0.4, -0.2) is 44.0 Å². The first kappa shape index (κ1) is 24.3. The van der Waals surface area contributed by atoms with Crippen molar-refractivity contribution in [1.82, 2.24) is 15.5 Å². The van der Waals surface area contributed by atoms with Crippen molar-refractivity contribution in [2.24, 2.45) is 10.9 Å². The maximum atomic E-state index is 12.0. The number of carbonyl (C=O) groups excluding carboxylic acids is 1. The summed E-state index contributed by atoms with van der Waals surface area (Å²) in [6.45, 7) is 10.5. The number of aliphatic imine (C=N–C) groups is 1. The monoisotopic (exact) mass is 424 g/mol. The van der Waals surface area contributed by atoms with Gasteiger partial charge in [-0.05, 0) is 55.2 Å². The van der Waals surface area contributed by atoms with E-state index in [1.807, 2.05) is 43.3 Å². The van der Waals surface area contributed by atoms with Gasteiger partial charge in [-0.3, -0.25) is 4.79 Å². The van der Waals surface area contributed by atoms with Gasteiger partial charge in [0, 0.05) is 26.2 Å². The predicted octanol–water partition coefficient (Wildman–Crippen LogP) is 4.24. The molecule has 0 aliphatic rings. The molecule has 31 heavy (non-hydrogen) atoms. The van der Waals surface area contributed by atoms with Crippen molar-refractivity contribution in [3.05, 3.63) is 65.2 Å². The fourth-order valence-electron chi connectivity index (χ4n) is 2.91. The van der Waals surface area contributed by atoms with E-state index in [1.54, 1.807) is 19.0 Å². The quantitative estimate of drug-likeness (QED) is 0.467. The molecule has 0 aromatic heterocycles. The lowest BCUT2D eigenvalue weighted by atomic mass is 10.1. The minimum absolute atomic E-state index is 0.000458. The van der Waals surface area contributed by atoms with E-state index in [1.165, 1.54) is 0 Å². The third kappa shape index (κ3) is 7.96. The summed E-state index contributed by atoms with van der Waals surface area (Å²) < 4.78 is 5.77. The SMILES string of the molecule is CCNC(=NCc1ccc(C(=O)N(C)C)cc1)NC(C)c1ccc(OCC(C)C)cc1. The molecule has 6 heteroatoms. The van der Waals surface area contributed by atoms with E-state index in [2.05, 4.69) is 43.5 Å². The molecular weight excluding hydrogens is 388 g/mol. The lowest BCUT2D eigenvalue weighted by Gasteiger charge is -2.19. The van der Waals surface area contributed by atoms with Crippen LogP contribution in [0.3, 0.4) is 0 Å². The molecule has 0 aliphatic carbocycles. The zero-order valence-corrected chi connectivity index (χ0v) is 19.6. The summed E-state index contributed by atoms with van der Waals surface area (Å²) in [6, 6.07) is 15.9. The maximum Gasteiger partial charge on any atom is 0.253 e. The smallest absolute Gasteiger partial charge is 0.253 e. The fraction of sp³-hybridized carbons (Fsp3) is 0.440. The van der Waals surface area contributed by atoms with Crippen LogP contribution in [0.2, 0.25) is 0 Å². The van der Waals surface area contributed by atoms with E-state index in [0.717, 1.165) is 29.4 Å². The Morgan fingerprint density at radius 2 is 1.68 bits per heavy atom. The lowest BCUT2D eigenvalue weighted by Crippen LogP contribution is -2.38. The van der Waals surface area contributed by atoms with Crippen LogP contribution in [-0.2, 0) is 6.54 Å². The second-order valence-electron chi connectivity index (χ2n) is 8.23. The average Bonchev–Trinajstić information content (AvgIpc) is 2.76.